The summed E-state index contributed by atoms with van der Waals surface area (Å²) in [6.45, 7) is 1.24. The molecule has 4 rings (SSSR count). The Kier molecular flexibility index (Phi) is 9.04. The predicted molar refractivity (Wildman–Crippen MR) is 151 cm³/mol. The van der Waals surface area contributed by atoms with E-state index >= 15 is 0 Å². The van der Waals surface area contributed by atoms with Crippen molar-refractivity contribution in [3.05, 3.63) is 70.9 Å². The molecule has 1 amide bonds. The number of rotatable bonds is 8. The first-order valence-corrected chi connectivity index (χ1v) is 13.1. The molecule has 1 aromatic heterocycles. The number of benzene rings is 2. The monoisotopic (exact) mass is 557 g/mol. The smallest absolute Gasteiger partial charge is 0.377 e. The number of guanidine groups is 1. The summed E-state index contributed by atoms with van der Waals surface area (Å²) in [6.07, 6.45) is 3.53. The second-order valence-corrected chi connectivity index (χ2v) is 9.90. The van der Waals surface area contributed by atoms with Crippen LogP contribution in [0.4, 0.5) is 0 Å². The minimum atomic E-state index is -1.53. The van der Waals surface area contributed by atoms with Crippen LogP contribution in [0.3, 0.4) is 0 Å². The molecule has 0 aliphatic carbocycles. The van der Waals surface area contributed by atoms with Gasteiger partial charge in [0, 0.05) is 48.6 Å². The second kappa shape index (κ2) is 12.8. The third kappa shape index (κ3) is 7.10. The third-order valence-corrected chi connectivity index (χ3v) is 7.04. The predicted octanol–water partition coefficient (Wildman–Crippen LogP) is 2.03. The van der Waals surface area contributed by atoms with Gasteiger partial charge in [0.2, 0.25) is 5.91 Å². The first-order valence-electron chi connectivity index (χ1n) is 13.1. The number of hydrogen-bond donors (Lipinski definition) is 5. The number of ketones is 1. The number of hydrogen-bond acceptors (Lipinski definition) is 6. The number of aliphatic carboxylic acids is 1. The van der Waals surface area contributed by atoms with Gasteiger partial charge in [0.1, 0.15) is 6.04 Å². The summed E-state index contributed by atoms with van der Waals surface area (Å²) in [4.78, 5) is 52.9. The number of piperidine rings is 1. The van der Waals surface area contributed by atoms with Crippen molar-refractivity contribution in [2.45, 2.75) is 31.7 Å². The van der Waals surface area contributed by atoms with E-state index in [-0.39, 0.29) is 36.2 Å². The molecular formula is C30H31N5O6. The van der Waals surface area contributed by atoms with Crippen LogP contribution in [0.25, 0.3) is 10.9 Å². The Morgan fingerprint density at radius 1 is 1.20 bits per heavy atom. The SMILES string of the molecule is COC(=O)[C@H](Cc1ccc(C#Cc2cccc3c(C(=O)C(=O)O)c[nH]c23)cc1)NC(=O)C[C@H]1CCCN(C(=N)N)C1. The van der Waals surface area contributed by atoms with Gasteiger partial charge in [-0.05, 0) is 42.5 Å². The summed E-state index contributed by atoms with van der Waals surface area (Å²) >= 11 is 0. The van der Waals surface area contributed by atoms with Crippen LogP contribution < -0.4 is 11.1 Å². The topological polar surface area (TPSA) is 179 Å². The number of nitrogens with one attached hydrogen (secondary N) is 3. The van der Waals surface area contributed by atoms with Gasteiger partial charge in [0.05, 0.1) is 18.2 Å². The van der Waals surface area contributed by atoms with Crippen molar-refractivity contribution < 1.29 is 29.0 Å². The van der Waals surface area contributed by atoms with E-state index in [1.807, 2.05) is 12.1 Å². The number of nitrogens with two attached hydrogens (primary N) is 1. The van der Waals surface area contributed by atoms with Gasteiger partial charge in [-0.1, -0.05) is 36.1 Å². The van der Waals surface area contributed by atoms with Crippen LogP contribution in [0.5, 0.6) is 0 Å². The number of H-pyrrole nitrogens is 1. The van der Waals surface area contributed by atoms with Crippen molar-refractivity contribution >= 4 is 40.5 Å². The van der Waals surface area contributed by atoms with Gasteiger partial charge in [-0.25, -0.2) is 9.59 Å². The maximum atomic E-state index is 12.8. The molecule has 3 aromatic rings. The summed E-state index contributed by atoms with van der Waals surface area (Å²) < 4.78 is 4.91. The Morgan fingerprint density at radius 3 is 2.63 bits per heavy atom. The number of esters is 1. The highest BCUT2D eigenvalue weighted by Gasteiger charge is 2.26. The number of para-hydroxylation sites is 1. The number of aromatic amines is 1. The minimum absolute atomic E-state index is 0.00148. The van der Waals surface area contributed by atoms with E-state index < -0.39 is 23.8 Å². The zero-order valence-corrected chi connectivity index (χ0v) is 22.5. The number of fused-ring (bicyclic) bond motifs is 1. The molecule has 212 valence electrons. The molecule has 1 saturated heterocycles. The van der Waals surface area contributed by atoms with Crippen molar-refractivity contribution in [2.24, 2.45) is 11.7 Å². The molecule has 0 bridgehead atoms. The number of carbonyl (C=O) groups excluding carboxylic acids is 3. The Hall–Kier alpha value is -5.11. The van der Waals surface area contributed by atoms with Gasteiger partial charge >= 0.3 is 11.9 Å². The van der Waals surface area contributed by atoms with Crippen LogP contribution in [-0.2, 0) is 25.5 Å². The second-order valence-electron chi connectivity index (χ2n) is 9.90. The highest BCUT2D eigenvalue weighted by Crippen LogP contribution is 2.22. The fourth-order valence-corrected chi connectivity index (χ4v) is 4.96. The van der Waals surface area contributed by atoms with Crippen LogP contribution in [0.2, 0.25) is 0 Å². The quantitative estimate of drug-likeness (QED) is 0.0697. The van der Waals surface area contributed by atoms with Crippen molar-refractivity contribution in [3.63, 3.8) is 0 Å². The van der Waals surface area contributed by atoms with E-state index in [9.17, 15) is 19.2 Å². The molecule has 2 heterocycles. The molecule has 11 heteroatoms. The average molecular weight is 558 g/mol. The number of carboxylic acid groups (broad SMARTS) is 1. The van der Waals surface area contributed by atoms with Crippen LogP contribution >= 0.6 is 0 Å². The number of carboxylic acids is 1. The number of Topliss-reactive ketones (excluding diaryl/α,β-unsaturated/α-hetero) is 1. The first-order chi connectivity index (χ1) is 19.7. The van der Waals surface area contributed by atoms with E-state index in [0.717, 1.165) is 18.4 Å². The van der Waals surface area contributed by atoms with Crippen molar-refractivity contribution in [3.8, 4) is 11.8 Å². The molecule has 0 unspecified atom stereocenters. The average Bonchev–Trinajstić information content (AvgIpc) is 3.40. The number of aromatic nitrogens is 1. The van der Waals surface area contributed by atoms with Gasteiger partial charge in [0.25, 0.3) is 5.78 Å². The van der Waals surface area contributed by atoms with Crippen molar-refractivity contribution in [1.29, 1.82) is 5.41 Å². The molecular weight excluding hydrogens is 526 g/mol. The number of methoxy groups -OCH3 is 1. The highest BCUT2D eigenvalue weighted by molar-refractivity contribution is 6.42. The molecule has 41 heavy (non-hydrogen) atoms. The minimum Gasteiger partial charge on any atom is -0.475 e. The lowest BCUT2D eigenvalue weighted by Gasteiger charge is -2.32. The van der Waals surface area contributed by atoms with Gasteiger partial charge in [0.15, 0.2) is 5.96 Å². The summed E-state index contributed by atoms with van der Waals surface area (Å²) in [5, 5.41) is 19.9. The van der Waals surface area contributed by atoms with Crippen LogP contribution in [0, 0.1) is 23.2 Å². The number of carbonyl (C=O) groups is 4. The Labute approximate surface area is 236 Å². The van der Waals surface area contributed by atoms with Crippen molar-refractivity contribution in [2.75, 3.05) is 20.2 Å². The Balaban J connectivity index is 1.42. The lowest BCUT2D eigenvalue weighted by atomic mass is 9.94. The molecule has 2 aromatic carbocycles. The highest BCUT2D eigenvalue weighted by atomic mass is 16.5. The number of amides is 1. The third-order valence-electron chi connectivity index (χ3n) is 7.04. The molecule has 2 atom stereocenters. The number of nitrogens with zero attached hydrogens (tertiary/aromatic N) is 1. The summed E-state index contributed by atoms with van der Waals surface area (Å²) in [5.74, 6) is 2.83. The molecule has 0 spiro atoms. The molecule has 6 N–H and O–H groups in total. The van der Waals surface area contributed by atoms with Crippen LogP contribution in [-0.4, -0.2) is 70.8 Å². The molecule has 1 fully saturated rings. The largest absolute Gasteiger partial charge is 0.475 e. The van der Waals surface area contributed by atoms with Gasteiger partial charge < -0.3 is 30.8 Å². The molecule has 1 aliphatic rings. The normalized spacial score (nSPS) is 15.3. The lowest BCUT2D eigenvalue weighted by Crippen LogP contribution is -2.46. The zero-order valence-electron chi connectivity index (χ0n) is 22.5. The Morgan fingerprint density at radius 2 is 1.95 bits per heavy atom. The summed E-state index contributed by atoms with van der Waals surface area (Å²) in [6, 6.07) is 11.5. The van der Waals surface area contributed by atoms with Crippen molar-refractivity contribution in [1.82, 2.24) is 15.2 Å². The summed E-state index contributed by atoms with van der Waals surface area (Å²) in [5.41, 5.74) is 8.34. The maximum Gasteiger partial charge on any atom is 0.377 e. The van der Waals surface area contributed by atoms with E-state index in [4.69, 9.17) is 21.0 Å². The molecule has 1 aliphatic heterocycles. The van der Waals surface area contributed by atoms with E-state index in [1.165, 1.54) is 13.3 Å². The summed E-state index contributed by atoms with van der Waals surface area (Å²) in [7, 11) is 1.28. The Bertz CT molecular complexity index is 1550. The number of ether oxygens (including phenoxy) is 1. The molecule has 0 saturated carbocycles. The zero-order chi connectivity index (χ0) is 29.5. The fourth-order valence-electron chi connectivity index (χ4n) is 4.96. The van der Waals surface area contributed by atoms with Crippen LogP contribution in [0.1, 0.15) is 46.3 Å². The maximum absolute atomic E-state index is 12.8. The number of likely N-dealkylation sites (tertiary alicyclic amines) is 1. The van der Waals surface area contributed by atoms with E-state index in [2.05, 4.69) is 22.1 Å². The standard InChI is InChI=1S/C30H31N5O6/c1-41-29(40)24(34-25(36)15-20-4-3-13-35(17-20)30(31)32)14-19-9-7-18(8-10-19)11-12-21-5-2-6-22-23(16-33-26(21)22)27(37)28(38)39/h2,5-10,16,20,24,33H,3-4,13-15,17H2,1H3,(H3,31,32)(H,34,36)(H,38,39)/t20-,24+/m1/s1. The van der Waals surface area contributed by atoms with Gasteiger partial charge in [-0.3, -0.25) is 15.0 Å². The fraction of sp³-hybridized carbons (Fsp3) is 0.300. The van der Waals surface area contributed by atoms with Gasteiger partial charge in [-0.2, -0.15) is 0 Å². The molecule has 0 radical (unpaired) electrons. The molecule has 11 nitrogen and oxygen atoms in total. The van der Waals surface area contributed by atoms with E-state index in [1.54, 1.807) is 35.2 Å². The van der Waals surface area contributed by atoms with Crippen LogP contribution in [0.15, 0.2) is 48.7 Å². The lowest BCUT2D eigenvalue weighted by molar-refractivity contribution is -0.145. The van der Waals surface area contributed by atoms with E-state index in [0.29, 0.717) is 35.1 Å². The first kappa shape index (κ1) is 28.9. The van der Waals surface area contributed by atoms with Gasteiger partial charge in [-0.15, -0.1) is 0 Å².